The van der Waals surface area contributed by atoms with Crippen molar-refractivity contribution >= 4 is 45.4 Å². The highest BCUT2D eigenvalue weighted by molar-refractivity contribution is 9.10. The largest absolute Gasteiger partial charge is 0.488 e. The lowest BCUT2D eigenvalue weighted by Gasteiger charge is -2.09. The average Bonchev–Trinajstić information content (AvgIpc) is 2.72. The standard InChI is InChI=1S/C18H15BrN4O9/c1-10(24)32-15-5-3-11(17(23(28)29)18(15)30-2)8-20-21-16(25)9-31-14-6-4-12(22(26)27)7-13(14)19/h3-8H,9H2,1-2H3,(H,21,25). The van der Waals surface area contributed by atoms with Gasteiger partial charge in [-0.2, -0.15) is 5.10 Å². The Balaban J connectivity index is 2.08. The number of carbonyl (C=O) groups excluding carboxylic acids is 2. The highest BCUT2D eigenvalue weighted by Gasteiger charge is 2.25. The molecule has 2 aromatic carbocycles. The molecule has 0 aliphatic rings. The lowest BCUT2D eigenvalue weighted by Crippen LogP contribution is -2.24. The first-order valence-electron chi connectivity index (χ1n) is 8.56. The van der Waals surface area contributed by atoms with Gasteiger partial charge in [-0.05, 0) is 34.1 Å². The second kappa shape index (κ2) is 10.8. The van der Waals surface area contributed by atoms with Crippen LogP contribution in [0.5, 0.6) is 17.2 Å². The fourth-order valence-electron chi connectivity index (χ4n) is 2.36. The fourth-order valence-corrected chi connectivity index (χ4v) is 2.84. The van der Waals surface area contributed by atoms with Gasteiger partial charge in [0.1, 0.15) is 5.75 Å². The van der Waals surface area contributed by atoms with Gasteiger partial charge in [0.15, 0.2) is 12.4 Å². The lowest BCUT2D eigenvalue weighted by molar-refractivity contribution is -0.386. The summed E-state index contributed by atoms with van der Waals surface area (Å²) >= 11 is 3.11. The van der Waals surface area contributed by atoms with Crippen LogP contribution >= 0.6 is 15.9 Å². The number of nitrogens with zero attached hydrogens (tertiary/aromatic N) is 3. The minimum Gasteiger partial charge on any atom is -0.488 e. The number of halogens is 1. The Labute approximate surface area is 188 Å². The van der Waals surface area contributed by atoms with Gasteiger partial charge >= 0.3 is 11.7 Å². The summed E-state index contributed by atoms with van der Waals surface area (Å²) in [5.41, 5.74) is 1.43. The number of hydrazone groups is 1. The number of methoxy groups -OCH3 is 1. The third-order valence-electron chi connectivity index (χ3n) is 3.64. The molecule has 14 heteroatoms. The monoisotopic (exact) mass is 510 g/mol. The molecular weight excluding hydrogens is 496 g/mol. The highest BCUT2D eigenvalue weighted by atomic mass is 79.9. The summed E-state index contributed by atoms with van der Waals surface area (Å²) in [5.74, 6) is -1.62. The lowest BCUT2D eigenvalue weighted by atomic mass is 10.1. The molecule has 0 radical (unpaired) electrons. The summed E-state index contributed by atoms with van der Waals surface area (Å²) in [5, 5.41) is 25.8. The van der Waals surface area contributed by atoms with Gasteiger partial charge in [0.25, 0.3) is 11.6 Å². The van der Waals surface area contributed by atoms with Gasteiger partial charge in [0.2, 0.25) is 5.75 Å². The number of benzene rings is 2. The van der Waals surface area contributed by atoms with E-state index in [2.05, 4.69) is 26.5 Å². The molecule has 32 heavy (non-hydrogen) atoms. The number of hydrogen-bond donors (Lipinski definition) is 1. The third-order valence-corrected chi connectivity index (χ3v) is 4.26. The molecule has 0 aliphatic heterocycles. The molecule has 0 fully saturated rings. The summed E-state index contributed by atoms with van der Waals surface area (Å²) in [6.45, 7) is 0.651. The summed E-state index contributed by atoms with van der Waals surface area (Å²) in [6, 6.07) is 6.29. The predicted octanol–water partition coefficient (Wildman–Crippen LogP) is 2.73. The molecule has 0 spiro atoms. The molecular formula is C18H15BrN4O9. The number of hydrogen-bond acceptors (Lipinski definition) is 10. The van der Waals surface area contributed by atoms with E-state index in [-0.39, 0.29) is 33.0 Å². The average molecular weight is 511 g/mol. The number of nitro benzene ring substituents is 2. The Hall–Kier alpha value is -4.07. The van der Waals surface area contributed by atoms with Crippen LogP contribution in [0.4, 0.5) is 11.4 Å². The Morgan fingerprint density at radius 3 is 2.41 bits per heavy atom. The van der Waals surface area contributed by atoms with Gasteiger partial charge in [-0.1, -0.05) is 0 Å². The van der Waals surface area contributed by atoms with Crippen molar-refractivity contribution in [1.82, 2.24) is 5.43 Å². The van der Waals surface area contributed by atoms with Gasteiger partial charge in [-0.25, -0.2) is 5.43 Å². The van der Waals surface area contributed by atoms with Crippen LogP contribution in [-0.4, -0.2) is 41.7 Å². The number of carbonyl (C=O) groups is 2. The summed E-state index contributed by atoms with van der Waals surface area (Å²) in [4.78, 5) is 43.9. The molecule has 168 valence electrons. The number of nitro groups is 2. The zero-order valence-corrected chi connectivity index (χ0v) is 18.2. The summed E-state index contributed by atoms with van der Waals surface area (Å²) in [7, 11) is 1.17. The zero-order chi connectivity index (χ0) is 23.8. The quantitative estimate of drug-likeness (QED) is 0.175. The fraction of sp³-hybridized carbons (Fsp3) is 0.167. The van der Waals surface area contributed by atoms with Crippen LogP contribution in [0, 0.1) is 20.2 Å². The Morgan fingerprint density at radius 2 is 1.84 bits per heavy atom. The number of rotatable bonds is 9. The van der Waals surface area contributed by atoms with Crippen LogP contribution in [0.25, 0.3) is 0 Å². The number of non-ortho nitro benzene ring substituents is 1. The van der Waals surface area contributed by atoms with E-state index in [0.29, 0.717) is 0 Å². The summed E-state index contributed by atoms with van der Waals surface area (Å²) < 4.78 is 15.4. The van der Waals surface area contributed by atoms with Crippen molar-refractivity contribution in [2.45, 2.75) is 6.92 Å². The van der Waals surface area contributed by atoms with Crippen LogP contribution < -0.4 is 19.6 Å². The minimum absolute atomic E-state index is 0.0258. The van der Waals surface area contributed by atoms with Crippen molar-refractivity contribution in [2.24, 2.45) is 5.10 Å². The second-order valence-corrected chi connectivity index (χ2v) is 6.69. The molecule has 1 amide bonds. The molecule has 2 aromatic rings. The first-order valence-corrected chi connectivity index (χ1v) is 9.35. The van der Waals surface area contributed by atoms with E-state index in [4.69, 9.17) is 14.2 Å². The molecule has 13 nitrogen and oxygen atoms in total. The van der Waals surface area contributed by atoms with Crippen molar-refractivity contribution in [3.63, 3.8) is 0 Å². The van der Waals surface area contributed by atoms with Crippen molar-refractivity contribution in [3.05, 3.63) is 60.6 Å². The SMILES string of the molecule is COc1c(OC(C)=O)ccc(C=NNC(=O)COc2ccc([N+](=O)[O-])cc2Br)c1[N+](=O)[O-]. The molecule has 0 saturated heterocycles. The van der Waals surface area contributed by atoms with Crippen molar-refractivity contribution in [1.29, 1.82) is 0 Å². The van der Waals surface area contributed by atoms with Crippen LogP contribution in [0.1, 0.15) is 12.5 Å². The first-order chi connectivity index (χ1) is 15.1. The van der Waals surface area contributed by atoms with Gasteiger partial charge in [0, 0.05) is 19.1 Å². The van der Waals surface area contributed by atoms with Crippen LogP contribution in [-0.2, 0) is 9.59 Å². The maximum Gasteiger partial charge on any atom is 0.323 e. The van der Waals surface area contributed by atoms with E-state index in [1.807, 2.05) is 0 Å². The van der Waals surface area contributed by atoms with Crippen LogP contribution in [0.2, 0.25) is 0 Å². The van der Waals surface area contributed by atoms with Crippen molar-refractivity contribution in [3.8, 4) is 17.2 Å². The summed E-state index contributed by atoms with van der Waals surface area (Å²) in [6.07, 6.45) is 1.01. The molecule has 0 aromatic heterocycles. The molecule has 0 aliphatic carbocycles. The van der Waals surface area contributed by atoms with E-state index in [0.717, 1.165) is 13.1 Å². The van der Waals surface area contributed by atoms with Crippen LogP contribution in [0.15, 0.2) is 39.9 Å². The third kappa shape index (κ3) is 6.21. The molecule has 0 atom stereocenters. The number of esters is 1. The van der Waals surface area contributed by atoms with Gasteiger partial charge in [0.05, 0.1) is 33.2 Å². The molecule has 1 N–H and O–H groups in total. The van der Waals surface area contributed by atoms with E-state index in [9.17, 15) is 29.8 Å². The second-order valence-electron chi connectivity index (χ2n) is 5.84. The Bertz CT molecular complexity index is 1100. The molecule has 0 saturated carbocycles. The maximum atomic E-state index is 11.9. The van der Waals surface area contributed by atoms with Crippen molar-refractivity contribution in [2.75, 3.05) is 13.7 Å². The smallest absolute Gasteiger partial charge is 0.323 e. The van der Waals surface area contributed by atoms with E-state index >= 15 is 0 Å². The number of amides is 1. The highest BCUT2D eigenvalue weighted by Crippen LogP contribution is 2.39. The van der Waals surface area contributed by atoms with E-state index in [1.165, 1.54) is 37.4 Å². The molecule has 0 heterocycles. The van der Waals surface area contributed by atoms with E-state index < -0.39 is 34.0 Å². The predicted molar refractivity (Wildman–Crippen MR) is 113 cm³/mol. The zero-order valence-electron chi connectivity index (χ0n) is 16.6. The van der Waals surface area contributed by atoms with Gasteiger partial charge in [-0.15, -0.1) is 0 Å². The minimum atomic E-state index is -0.746. The first kappa shape index (κ1) is 24.2. The molecule has 2 rings (SSSR count). The van der Waals surface area contributed by atoms with Gasteiger partial charge < -0.3 is 14.2 Å². The van der Waals surface area contributed by atoms with E-state index in [1.54, 1.807) is 0 Å². The Morgan fingerprint density at radius 1 is 1.16 bits per heavy atom. The van der Waals surface area contributed by atoms with Gasteiger partial charge in [-0.3, -0.25) is 29.8 Å². The topological polar surface area (TPSA) is 172 Å². The maximum absolute atomic E-state index is 11.9. The Kier molecular flexibility index (Phi) is 8.17. The number of ether oxygens (including phenoxy) is 3. The normalized spacial score (nSPS) is 10.5. The van der Waals surface area contributed by atoms with Crippen LogP contribution in [0.3, 0.4) is 0 Å². The number of nitrogens with one attached hydrogen (secondary N) is 1. The molecule has 0 bridgehead atoms. The van der Waals surface area contributed by atoms with Crippen molar-refractivity contribution < 1.29 is 33.6 Å². The molecule has 0 unspecified atom stereocenters.